The molecule has 0 aliphatic rings. The van der Waals surface area contributed by atoms with Crippen LogP contribution in [0.5, 0.6) is 0 Å². The summed E-state index contributed by atoms with van der Waals surface area (Å²) in [5, 5.41) is 7.32. The first-order valence-corrected chi connectivity index (χ1v) is 5.76. The lowest BCUT2D eigenvalue weighted by molar-refractivity contribution is 0.328. The fraction of sp³-hybridized carbons (Fsp3) is 0.538. The van der Waals surface area contributed by atoms with E-state index in [1.165, 1.54) is 0 Å². The van der Waals surface area contributed by atoms with Crippen molar-refractivity contribution in [3.05, 3.63) is 23.9 Å². The Morgan fingerprint density at radius 1 is 1.41 bits per heavy atom. The summed E-state index contributed by atoms with van der Waals surface area (Å²) in [4.78, 5) is 6.48. The lowest BCUT2D eigenvalue weighted by atomic mass is 9.87. The summed E-state index contributed by atoms with van der Waals surface area (Å²) in [5.74, 6) is 0.952. The van der Waals surface area contributed by atoms with Gasteiger partial charge in [0.25, 0.3) is 0 Å². The molecule has 4 heteroatoms. The van der Waals surface area contributed by atoms with Crippen molar-refractivity contribution in [1.82, 2.24) is 4.98 Å². The number of amidine groups is 1. The highest BCUT2D eigenvalue weighted by atomic mass is 15.2. The average molecular weight is 234 g/mol. The number of hydrogen-bond acceptors (Lipinski definition) is 3. The van der Waals surface area contributed by atoms with E-state index in [0.717, 1.165) is 5.82 Å². The van der Waals surface area contributed by atoms with Crippen molar-refractivity contribution in [3.8, 4) is 0 Å². The Hall–Kier alpha value is -1.58. The Kier molecular flexibility index (Phi) is 3.76. The van der Waals surface area contributed by atoms with E-state index >= 15 is 0 Å². The summed E-state index contributed by atoms with van der Waals surface area (Å²) in [7, 11) is 2.03. The molecule has 1 heterocycles. The molecule has 1 atom stereocenters. The van der Waals surface area contributed by atoms with Gasteiger partial charge in [-0.3, -0.25) is 5.41 Å². The van der Waals surface area contributed by atoms with Crippen molar-refractivity contribution in [3.63, 3.8) is 0 Å². The highest BCUT2D eigenvalue weighted by Crippen LogP contribution is 2.26. The van der Waals surface area contributed by atoms with Gasteiger partial charge in [-0.25, -0.2) is 4.98 Å². The smallest absolute Gasteiger partial charge is 0.128 e. The van der Waals surface area contributed by atoms with E-state index in [1.807, 2.05) is 19.2 Å². The van der Waals surface area contributed by atoms with E-state index in [2.05, 4.69) is 37.6 Å². The largest absolute Gasteiger partial charge is 0.384 e. The predicted octanol–water partition coefficient (Wildman–Crippen LogP) is 2.24. The summed E-state index contributed by atoms with van der Waals surface area (Å²) in [6.07, 6.45) is 1.64. The first-order valence-electron chi connectivity index (χ1n) is 5.76. The van der Waals surface area contributed by atoms with Crippen molar-refractivity contribution >= 4 is 11.7 Å². The van der Waals surface area contributed by atoms with Gasteiger partial charge in [0.2, 0.25) is 0 Å². The van der Waals surface area contributed by atoms with Crippen LogP contribution in [0.4, 0.5) is 5.82 Å². The highest BCUT2D eigenvalue weighted by molar-refractivity contribution is 5.94. The molecule has 94 valence electrons. The minimum atomic E-state index is 0.0515. The van der Waals surface area contributed by atoms with Crippen LogP contribution in [-0.4, -0.2) is 23.9 Å². The molecule has 0 bridgehead atoms. The fourth-order valence-electron chi connectivity index (χ4n) is 1.53. The Labute approximate surface area is 103 Å². The third-order valence-electron chi connectivity index (χ3n) is 3.25. The molecule has 0 saturated carbocycles. The minimum absolute atomic E-state index is 0.0515. The molecule has 1 unspecified atom stereocenters. The summed E-state index contributed by atoms with van der Waals surface area (Å²) in [6.45, 7) is 8.80. The van der Waals surface area contributed by atoms with Crippen molar-refractivity contribution in [2.75, 3.05) is 11.9 Å². The molecule has 0 saturated heterocycles. The number of nitrogens with zero attached hydrogens (tertiary/aromatic N) is 2. The van der Waals surface area contributed by atoms with Crippen molar-refractivity contribution in [2.45, 2.75) is 33.7 Å². The topological polar surface area (TPSA) is 66.0 Å². The number of nitrogens with one attached hydrogen (secondary N) is 1. The molecule has 0 spiro atoms. The fourth-order valence-corrected chi connectivity index (χ4v) is 1.53. The van der Waals surface area contributed by atoms with Crippen LogP contribution in [0.3, 0.4) is 0 Å². The van der Waals surface area contributed by atoms with Crippen LogP contribution in [0.15, 0.2) is 18.3 Å². The molecule has 4 nitrogen and oxygen atoms in total. The Balaban J connectivity index is 2.90. The second-order valence-corrected chi connectivity index (χ2v) is 5.47. The van der Waals surface area contributed by atoms with Gasteiger partial charge in [-0.1, -0.05) is 20.8 Å². The van der Waals surface area contributed by atoms with E-state index in [-0.39, 0.29) is 11.3 Å². The van der Waals surface area contributed by atoms with Gasteiger partial charge < -0.3 is 10.6 Å². The monoisotopic (exact) mass is 234 g/mol. The van der Waals surface area contributed by atoms with Gasteiger partial charge >= 0.3 is 0 Å². The molecule has 0 amide bonds. The van der Waals surface area contributed by atoms with Gasteiger partial charge in [-0.2, -0.15) is 0 Å². The van der Waals surface area contributed by atoms with Crippen LogP contribution in [0, 0.1) is 10.8 Å². The first-order chi connectivity index (χ1) is 7.73. The number of hydrogen-bond donors (Lipinski definition) is 2. The summed E-state index contributed by atoms with van der Waals surface area (Å²) < 4.78 is 0. The zero-order chi connectivity index (χ0) is 13.2. The summed E-state index contributed by atoms with van der Waals surface area (Å²) in [6, 6.07) is 4.10. The number of pyridine rings is 1. The Morgan fingerprint density at radius 2 is 2.00 bits per heavy atom. The molecule has 0 radical (unpaired) electrons. The molecule has 17 heavy (non-hydrogen) atoms. The van der Waals surface area contributed by atoms with Crippen LogP contribution in [-0.2, 0) is 0 Å². The lowest BCUT2D eigenvalue weighted by Crippen LogP contribution is -2.39. The SMILES string of the molecule is CC(N(C)c1ccc(C(=N)N)cn1)C(C)(C)C. The molecular weight excluding hydrogens is 212 g/mol. The van der Waals surface area contributed by atoms with Gasteiger partial charge in [-0.05, 0) is 24.5 Å². The normalized spacial score (nSPS) is 13.2. The molecule has 0 aliphatic heterocycles. The second kappa shape index (κ2) is 4.73. The molecule has 0 fully saturated rings. The van der Waals surface area contributed by atoms with Crippen LogP contribution in [0.1, 0.15) is 33.3 Å². The van der Waals surface area contributed by atoms with E-state index < -0.39 is 0 Å². The van der Waals surface area contributed by atoms with Crippen molar-refractivity contribution in [1.29, 1.82) is 5.41 Å². The second-order valence-electron chi connectivity index (χ2n) is 5.47. The van der Waals surface area contributed by atoms with Crippen LogP contribution >= 0.6 is 0 Å². The van der Waals surface area contributed by atoms with Gasteiger partial charge in [0.1, 0.15) is 11.7 Å². The van der Waals surface area contributed by atoms with E-state index in [4.69, 9.17) is 11.1 Å². The molecule has 1 aromatic heterocycles. The predicted molar refractivity (Wildman–Crippen MR) is 72.6 cm³/mol. The number of nitrogen functional groups attached to an aromatic ring is 1. The third kappa shape index (κ3) is 3.19. The standard InChI is InChI=1S/C13H22N4/c1-9(13(2,3)4)17(5)11-7-6-10(8-16-11)12(14)15/h6-9H,1-5H3,(H3,14,15). The van der Waals surface area contributed by atoms with Gasteiger partial charge in [0, 0.05) is 24.8 Å². The Bertz CT molecular complexity index is 389. The molecule has 0 aliphatic carbocycles. The number of aromatic nitrogens is 1. The number of nitrogens with two attached hydrogens (primary N) is 1. The molecule has 1 aromatic rings. The van der Waals surface area contributed by atoms with Crippen LogP contribution in [0.25, 0.3) is 0 Å². The zero-order valence-electron chi connectivity index (χ0n) is 11.3. The van der Waals surface area contributed by atoms with E-state index in [1.54, 1.807) is 6.20 Å². The number of rotatable bonds is 3. The molecule has 3 N–H and O–H groups in total. The maximum Gasteiger partial charge on any atom is 0.128 e. The summed E-state index contributed by atoms with van der Waals surface area (Å²) >= 11 is 0. The minimum Gasteiger partial charge on any atom is -0.384 e. The molecule has 1 rings (SSSR count). The van der Waals surface area contributed by atoms with Gasteiger partial charge in [0.05, 0.1) is 0 Å². The zero-order valence-corrected chi connectivity index (χ0v) is 11.3. The van der Waals surface area contributed by atoms with Crippen molar-refractivity contribution in [2.24, 2.45) is 11.1 Å². The molecular formula is C13H22N4. The summed E-state index contributed by atoms with van der Waals surface area (Å²) in [5.41, 5.74) is 6.25. The molecule has 0 aromatic carbocycles. The first kappa shape index (κ1) is 13.5. The third-order valence-corrected chi connectivity index (χ3v) is 3.25. The quantitative estimate of drug-likeness (QED) is 0.622. The van der Waals surface area contributed by atoms with E-state index in [0.29, 0.717) is 11.6 Å². The average Bonchev–Trinajstić information content (AvgIpc) is 2.26. The highest BCUT2D eigenvalue weighted by Gasteiger charge is 2.24. The Morgan fingerprint density at radius 3 is 2.35 bits per heavy atom. The van der Waals surface area contributed by atoms with E-state index in [9.17, 15) is 0 Å². The van der Waals surface area contributed by atoms with Gasteiger partial charge in [-0.15, -0.1) is 0 Å². The maximum absolute atomic E-state index is 7.32. The van der Waals surface area contributed by atoms with Crippen LogP contribution in [0.2, 0.25) is 0 Å². The van der Waals surface area contributed by atoms with Crippen molar-refractivity contribution < 1.29 is 0 Å². The van der Waals surface area contributed by atoms with Crippen LogP contribution < -0.4 is 10.6 Å². The lowest BCUT2D eigenvalue weighted by Gasteiger charge is -2.36. The number of anilines is 1. The maximum atomic E-state index is 7.32. The van der Waals surface area contributed by atoms with Gasteiger partial charge in [0.15, 0.2) is 0 Å².